The molecule has 2 rings (SSSR count). The van der Waals surface area contributed by atoms with Crippen molar-refractivity contribution in [3.05, 3.63) is 30.1 Å². The Bertz CT molecular complexity index is 514. The molecule has 1 heterocycles. The van der Waals surface area contributed by atoms with Crippen LogP contribution in [0.4, 0.5) is 0 Å². The van der Waals surface area contributed by atoms with E-state index in [2.05, 4.69) is 22.5 Å². The first-order valence-electron chi connectivity index (χ1n) is 5.66. The summed E-state index contributed by atoms with van der Waals surface area (Å²) in [7, 11) is 0. The van der Waals surface area contributed by atoms with E-state index >= 15 is 0 Å². The zero-order valence-corrected chi connectivity index (χ0v) is 9.73. The molecule has 0 atom stereocenters. The van der Waals surface area contributed by atoms with Crippen LogP contribution < -0.4 is 0 Å². The molecule has 0 saturated carbocycles. The molecule has 0 radical (unpaired) electrons. The Morgan fingerprint density at radius 2 is 2.12 bits per heavy atom. The number of fused-ring (bicyclic) bond motifs is 1. The number of Topliss-reactive ketones (excluding diaryl/α,β-unsaturated/α-hetero) is 1. The lowest BCUT2D eigenvalue weighted by Crippen LogP contribution is -2.07. The van der Waals surface area contributed by atoms with Crippen LogP contribution in [0.1, 0.15) is 26.1 Å². The number of carbonyl (C=O) groups is 1. The van der Waals surface area contributed by atoms with Gasteiger partial charge in [-0.3, -0.25) is 4.79 Å². The maximum atomic E-state index is 11.2. The van der Waals surface area contributed by atoms with E-state index in [1.54, 1.807) is 6.92 Å². The number of para-hydroxylation sites is 2. The largest absolute Gasteiger partial charge is 0.328 e. The molecule has 1 aromatic heterocycles. The molecule has 0 spiro atoms. The minimum Gasteiger partial charge on any atom is -0.328 e. The predicted octanol–water partition coefficient (Wildman–Crippen LogP) is 2.58. The van der Waals surface area contributed by atoms with Crippen LogP contribution in [0.15, 0.2) is 24.3 Å². The zero-order chi connectivity index (χ0) is 11.5. The summed E-state index contributed by atoms with van der Waals surface area (Å²) >= 11 is 0. The van der Waals surface area contributed by atoms with Crippen LogP contribution in [0.25, 0.3) is 11.0 Å². The van der Waals surface area contributed by atoms with Gasteiger partial charge in [0, 0.05) is 6.54 Å². The van der Waals surface area contributed by atoms with Gasteiger partial charge in [-0.1, -0.05) is 19.1 Å². The summed E-state index contributed by atoms with van der Waals surface area (Å²) in [5.41, 5.74) is 2.10. The highest BCUT2D eigenvalue weighted by Crippen LogP contribution is 2.16. The number of hydrogen-bond donors (Lipinski definition) is 0. The predicted molar refractivity (Wildman–Crippen MR) is 64.4 cm³/mol. The first-order chi connectivity index (χ1) is 7.72. The third-order valence-electron chi connectivity index (χ3n) is 2.59. The molecule has 0 unspecified atom stereocenters. The lowest BCUT2D eigenvalue weighted by atomic mass is 10.3. The summed E-state index contributed by atoms with van der Waals surface area (Å²) in [5, 5.41) is 0. The normalized spacial score (nSPS) is 10.9. The van der Waals surface area contributed by atoms with Crippen LogP contribution in [0.2, 0.25) is 0 Å². The molecule has 0 saturated heterocycles. The second-order valence-corrected chi connectivity index (χ2v) is 4.05. The maximum absolute atomic E-state index is 11.2. The van der Waals surface area contributed by atoms with E-state index < -0.39 is 0 Å². The van der Waals surface area contributed by atoms with Crippen molar-refractivity contribution in [3.8, 4) is 0 Å². The van der Waals surface area contributed by atoms with Crippen molar-refractivity contribution in [1.82, 2.24) is 9.55 Å². The quantitative estimate of drug-likeness (QED) is 0.787. The topological polar surface area (TPSA) is 34.9 Å². The first kappa shape index (κ1) is 10.9. The molecule has 3 heteroatoms. The molecule has 16 heavy (non-hydrogen) atoms. The molecule has 1 aromatic carbocycles. The van der Waals surface area contributed by atoms with E-state index in [9.17, 15) is 4.79 Å². The number of carbonyl (C=O) groups excluding carboxylic acids is 1. The van der Waals surface area contributed by atoms with Gasteiger partial charge in [0.05, 0.1) is 17.5 Å². The fraction of sp³-hybridized carbons (Fsp3) is 0.385. The van der Waals surface area contributed by atoms with Crippen molar-refractivity contribution in [1.29, 1.82) is 0 Å². The molecule has 3 nitrogen and oxygen atoms in total. The number of benzene rings is 1. The fourth-order valence-electron chi connectivity index (χ4n) is 1.96. The summed E-state index contributed by atoms with van der Waals surface area (Å²) < 4.78 is 2.15. The smallest absolute Gasteiger partial charge is 0.137 e. The van der Waals surface area contributed by atoms with Gasteiger partial charge in [0.25, 0.3) is 0 Å². The average molecular weight is 216 g/mol. The molecule has 0 aliphatic rings. The van der Waals surface area contributed by atoms with Gasteiger partial charge in [0.15, 0.2) is 0 Å². The van der Waals surface area contributed by atoms with Gasteiger partial charge in [-0.15, -0.1) is 0 Å². The Kier molecular flexibility index (Phi) is 3.04. The summed E-state index contributed by atoms with van der Waals surface area (Å²) in [4.78, 5) is 15.7. The van der Waals surface area contributed by atoms with Crippen LogP contribution >= 0.6 is 0 Å². The molecule has 0 fully saturated rings. The number of rotatable bonds is 4. The van der Waals surface area contributed by atoms with Crippen molar-refractivity contribution in [2.24, 2.45) is 0 Å². The van der Waals surface area contributed by atoms with Gasteiger partial charge in [-0.05, 0) is 25.5 Å². The Labute approximate surface area is 95.1 Å². The summed E-state index contributed by atoms with van der Waals surface area (Å²) in [5.74, 6) is 1.04. The van der Waals surface area contributed by atoms with Gasteiger partial charge in [-0.2, -0.15) is 0 Å². The van der Waals surface area contributed by atoms with Gasteiger partial charge >= 0.3 is 0 Å². The van der Waals surface area contributed by atoms with Gasteiger partial charge in [0.2, 0.25) is 0 Å². The van der Waals surface area contributed by atoms with Crippen molar-refractivity contribution < 1.29 is 4.79 Å². The summed E-state index contributed by atoms with van der Waals surface area (Å²) in [6.45, 7) is 4.66. The van der Waals surface area contributed by atoms with E-state index in [0.29, 0.717) is 6.42 Å². The van der Waals surface area contributed by atoms with Crippen LogP contribution in [0, 0.1) is 0 Å². The third-order valence-corrected chi connectivity index (χ3v) is 2.59. The lowest BCUT2D eigenvalue weighted by Gasteiger charge is -2.05. The Morgan fingerprint density at radius 3 is 2.81 bits per heavy atom. The fourth-order valence-corrected chi connectivity index (χ4v) is 1.96. The number of nitrogens with zero attached hydrogens (tertiary/aromatic N) is 2. The number of hydrogen-bond acceptors (Lipinski definition) is 2. The Balaban J connectivity index is 2.53. The number of aromatic nitrogens is 2. The molecule has 0 aliphatic heterocycles. The van der Waals surface area contributed by atoms with Crippen molar-refractivity contribution in [2.45, 2.75) is 33.2 Å². The number of ketones is 1. The summed E-state index contributed by atoms with van der Waals surface area (Å²) in [6, 6.07) is 8.03. The van der Waals surface area contributed by atoms with Crippen molar-refractivity contribution in [3.63, 3.8) is 0 Å². The van der Waals surface area contributed by atoms with Crippen LogP contribution in [0.3, 0.4) is 0 Å². The van der Waals surface area contributed by atoms with E-state index in [0.717, 1.165) is 29.8 Å². The second kappa shape index (κ2) is 4.47. The minimum atomic E-state index is 0.160. The van der Waals surface area contributed by atoms with E-state index in [4.69, 9.17) is 0 Å². The minimum absolute atomic E-state index is 0.160. The van der Waals surface area contributed by atoms with E-state index in [1.807, 2.05) is 18.2 Å². The molecule has 0 N–H and O–H groups in total. The Morgan fingerprint density at radius 1 is 1.38 bits per heavy atom. The number of imidazole rings is 1. The molecular formula is C13H16N2O. The lowest BCUT2D eigenvalue weighted by molar-refractivity contribution is -0.116. The molecule has 84 valence electrons. The molecular weight excluding hydrogens is 200 g/mol. The second-order valence-electron chi connectivity index (χ2n) is 4.05. The highest BCUT2D eigenvalue weighted by atomic mass is 16.1. The molecule has 0 aliphatic carbocycles. The third kappa shape index (κ3) is 1.98. The maximum Gasteiger partial charge on any atom is 0.137 e. The van der Waals surface area contributed by atoms with Crippen LogP contribution in [0.5, 0.6) is 0 Å². The van der Waals surface area contributed by atoms with Gasteiger partial charge in [0.1, 0.15) is 11.6 Å². The van der Waals surface area contributed by atoms with Crippen LogP contribution in [-0.4, -0.2) is 15.3 Å². The van der Waals surface area contributed by atoms with Crippen molar-refractivity contribution in [2.75, 3.05) is 0 Å². The SMILES string of the molecule is CCCn1c(CC(C)=O)nc2ccccc21. The molecule has 0 amide bonds. The first-order valence-corrected chi connectivity index (χ1v) is 5.66. The van der Waals surface area contributed by atoms with E-state index in [1.165, 1.54) is 0 Å². The van der Waals surface area contributed by atoms with Crippen molar-refractivity contribution >= 4 is 16.8 Å². The highest BCUT2D eigenvalue weighted by molar-refractivity contribution is 5.80. The number of aryl methyl sites for hydroxylation is 1. The molecule has 0 bridgehead atoms. The summed E-state index contributed by atoms with van der Waals surface area (Å²) in [6.07, 6.45) is 1.47. The average Bonchev–Trinajstić information content (AvgIpc) is 2.57. The highest BCUT2D eigenvalue weighted by Gasteiger charge is 2.10. The standard InChI is InChI=1S/C13H16N2O/c1-3-8-15-12-7-5-4-6-11(12)14-13(15)9-10(2)16/h4-7H,3,8-9H2,1-2H3. The molecule has 2 aromatic rings. The zero-order valence-electron chi connectivity index (χ0n) is 9.73. The van der Waals surface area contributed by atoms with Gasteiger partial charge < -0.3 is 4.57 Å². The Hall–Kier alpha value is -1.64. The monoisotopic (exact) mass is 216 g/mol. The van der Waals surface area contributed by atoms with Crippen LogP contribution in [-0.2, 0) is 17.8 Å². The van der Waals surface area contributed by atoms with E-state index in [-0.39, 0.29) is 5.78 Å². The van der Waals surface area contributed by atoms with Gasteiger partial charge in [-0.25, -0.2) is 4.98 Å².